The molecular formula is C15H18F2N4O. The Hall–Kier alpha value is -1.86. The van der Waals surface area contributed by atoms with Crippen molar-refractivity contribution in [2.75, 3.05) is 26.2 Å². The second-order valence-corrected chi connectivity index (χ2v) is 5.49. The molecule has 3 rings (SSSR count). The number of nitrogens with one attached hydrogen (secondary N) is 2. The van der Waals surface area contributed by atoms with Crippen molar-refractivity contribution in [3.05, 3.63) is 39.8 Å². The minimum atomic E-state index is -2.57. The molecule has 1 aliphatic rings. The maximum Gasteiger partial charge on any atom is 0.270 e. The van der Waals surface area contributed by atoms with Gasteiger partial charge in [0, 0.05) is 32.7 Å². The summed E-state index contributed by atoms with van der Waals surface area (Å²) in [5.41, 5.74) is 1.56. The van der Waals surface area contributed by atoms with E-state index in [1.54, 1.807) is 6.07 Å². The third-order valence-corrected chi connectivity index (χ3v) is 3.79. The summed E-state index contributed by atoms with van der Waals surface area (Å²) >= 11 is 0. The van der Waals surface area contributed by atoms with E-state index in [2.05, 4.69) is 20.2 Å². The minimum Gasteiger partial charge on any atom is -0.319 e. The van der Waals surface area contributed by atoms with E-state index in [1.807, 2.05) is 12.1 Å². The highest BCUT2D eigenvalue weighted by atomic mass is 19.3. The lowest BCUT2D eigenvalue weighted by molar-refractivity contribution is 0.147. The number of benzene rings is 1. The molecule has 0 aliphatic carbocycles. The highest BCUT2D eigenvalue weighted by Gasteiger charge is 2.13. The molecule has 7 heteroatoms. The molecule has 118 valence electrons. The van der Waals surface area contributed by atoms with Gasteiger partial charge in [-0.25, -0.2) is 13.8 Å². The van der Waals surface area contributed by atoms with E-state index in [0.717, 1.165) is 38.3 Å². The van der Waals surface area contributed by atoms with Gasteiger partial charge in [0.2, 0.25) is 6.43 Å². The topological polar surface area (TPSA) is 61.0 Å². The van der Waals surface area contributed by atoms with Crippen LogP contribution in [0.25, 0.3) is 11.0 Å². The summed E-state index contributed by atoms with van der Waals surface area (Å²) in [6, 6.07) is 5.58. The first-order valence-corrected chi connectivity index (χ1v) is 7.35. The third kappa shape index (κ3) is 3.48. The average Bonchev–Trinajstić information content (AvgIpc) is 2.49. The van der Waals surface area contributed by atoms with Crippen LogP contribution in [0.2, 0.25) is 0 Å². The molecule has 0 radical (unpaired) electrons. The SMILES string of the molecule is O=c1[nH]c2cc(CN3CCNCC3)ccc2nc1CC(F)F. The molecule has 2 heterocycles. The zero-order valence-corrected chi connectivity index (χ0v) is 12.1. The Bertz CT molecular complexity index is 710. The van der Waals surface area contributed by atoms with Crippen molar-refractivity contribution in [1.29, 1.82) is 0 Å². The summed E-state index contributed by atoms with van der Waals surface area (Å²) in [6.45, 7) is 4.73. The van der Waals surface area contributed by atoms with E-state index in [4.69, 9.17) is 0 Å². The van der Waals surface area contributed by atoms with Gasteiger partial charge in [0.25, 0.3) is 5.56 Å². The molecule has 0 atom stereocenters. The van der Waals surface area contributed by atoms with Crippen LogP contribution in [0.1, 0.15) is 11.3 Å². The van der Waals surface area contributed by atoms with E-state index in [9.17, 15) is 13.6 Å². The molecule has 0 saturated carbocycles. The zero-order valence-electron chi connectivity index (χ0n) is 12.1. The molecule has 1 aromatic carbocycles. The largest absolute Gasteiger partial charge is 0.319 e. The van der Waals surface area contributed by atoms with Crippen LogP contribution >= 0.6 is 0 Å². The standard InChI is InChI=1S/C15H18F2N4O/c16-14(17)8-13-15(22)20-12-7-10(1-2-11(12)19-13)9-21-5-3-18-4-6-21/h1-2,7,14,18H,3-6,8-9H2,(H,20,22). The maximum absolute atomic E-state index is 12.4. The molecule has 0 bridgehead atoms. The summed E-state index contributed by atoms with van der Waals surface area (Å²) in [7, 11) is 0. The van der Waals surface area contributed by atoms with Crippen molar-refractivity contribution in [3.8, 4) is 0 Å². The molecule has 1 aliphatic heterocycles. The van der Waals surface area contributed by atoms with Crippen molar-refractivity contribution in [2.24, 2.45) is 0 Å². The summed E-state index contributed by atoms with van der Waals surface area (Å²) in [4.78, 5) is 20.8. The molecule has 22 heavy (non-hydrogen) atoms. The fourth-order valence-corrected chi connectivity index (χ4v) is 2.68. The molecule has 1 aromatic heterocycles. The summed E-state index contributed by atoms with van der Waals surface area (Å²) in [5, 5.41) is 3.30. The third-order valence-electron chi connectivity index (χ3n) is 3.79. The summed E-state index contributed by atoms with van der Waals surface area (Å²) in [5.74, 6) is 0. The number of hydrogen-bond acceptors (Lipinski definition) is 4. The number of aromatic nitrogens is 2. The van der Waals surface area contributed by atoms with E-state index < -0.39 is 18.4 Å². The number of aromatic amines is 1. The molecule has 1 fully saturated rings. The van der Waals surface area contributed by atoms with Gasteiger partial charge in [0.1, 0.15) is 5.69 Å². The number of alkyl halides is 2. The van der Waals surface area contributed by atoms with Crippen LogP contribution in [-0.2, 0) is 13.0 Å². The average molecular weight is 308 g/mol. The van der Waals surface area contributed by atoms with Gasteiger partial charge in [-0.3, -0.25) is 9.69 Å². The molecule has 2 N–H and O–H groups in total. The molecule has 0 unspecified atom stereocenters. The van der Waals surface area contributed by atoms with E-state index >= 15 is 0 Å². The van der Waals surface area contributed by atoms with Gasteiger partial charge in [-0.1, -0.05) is 6.07 Å². The Labute approximate surface area is 126 Å². The number of nitrogens with zero attached hydrogens (tertiary/aromatic N) is 2. The van der Waals surface area contributed by atoms with Crippen LogP contribution in [0.3, 0.4) is 0 Å². The predicted octanol–water partition coefficient (Wildman–Crippen LogP) is 1.14. The Morgan fingerprint density at radius 1 is 1.27 bits per heavy atom. The minimum absolute atomic E-state index is 0.114. The van der Waals surface area contributed by atoms with E-state index in [-0.39, 0.29) is 5.69 Å². The Morgan fingerprint density at radius 3 is 2.77 bits per heavy atom. The lowest BCUT2D eigenvalue weighted by atomic mass is 10.1. The smallest absolute Gasteiger partial charge is 0.270 e. The molecule has 0 amide bonds. The quantitative estimate of drug-likeness (QED) is 0.889. The summed E-state index contributed by atoms with van der Waals surface area (Å²) < 4.78 is 24.8. The number of rotatable bonds is 4. The highest BCUT2D eigenvalue weighted by molar-refractivity contribution is 5.74. The van der Waals surface area contributed by atoms with Crippen LogP contribution in [0.4, 0.5) is 8.78 Å². The molecule has 1 saturated heterocycles. The van der Waals surface area contributed by atoms with Crippen molar-refractivity contribution in [2.45, 2.75) is 19.4 Å². The zero-order chi connectivity index (χ0) is 15.5. The number of H-pyrrole nitrogens is 1. The van der Waals surface area contributed by atoms with Crippen LogP contribution < -0.4 is 10.9 Å². The number of fused-ring (bicyclic) bond motifs is 1. The lowest BCUT2D eigenvalue weighted by Crippen LogP contribution is -2.42. The molecule has 5 nitrogen and oxygen atoms in total. The number of halogens is 2. The maximum atomic E-state index is 12.4. The lowest BCUT2D eigenvalue weighted by Gasteiger charge is -2.27. The van der Waals surface area contributed by atoms with Gasteiger partial charge in [0.15, 0.2) is 0 Å². The highest BCUT2D eigenvalue weighted by Crippen LogP contribution is 2.14. The van der Waals surface area contributed by atoms with Gasteiger partial charge in [0.05, 0.1) is 17.5 Å². The van der Waals surface area contributed by atoms with Crippen LogP contribution in [0, 0.1) is 0 Å². The van der Waals surface area contributed by atoms with Gasteiger partial charge >= 0.3 is 0 Å². The van der Waals surface area contributed by atoms with Crippen molar-refractivity contribution in [1.82, 2.24) is 20.2 Å². The molecule has 0 spiro atoms. The second-order valence-electron chi connectivity index (χ2n) is 5.49. The monoisotopic (exact) mass is 308 g/mol. The Balaban J connectivity index is 1.85. The fraction of sp³-hybridized carbons (Fsp3) is 0.467. The first kappa shape index (κ1) is 15.1. The normalized spacial score (nSPS) is 16.5. The van der Waals surface area contributed by atoms with Gasteiger partial charge in [-0.15, -0.1) is 0 Å². The van der Waals surface area contributed by atoms with E-state index in [0.29, 0.717) is 11.0 Å². The Morgan fingerprint density at radius 2 is 2.05 bits per heavy atom. The van der Waals surface area contributed by atoms with Gasteiger partial charge < -0.3 is 10.3 Å². The van der Waals surface area contributed by atoms with E-state index in [1.165, 1.54) is 0 Å². The van der Waals surface area contributed by atoms with Crippen molar-refractivity contribution in [3.63, 3.8) is 0 Å². The van der Waals surface area contributed by atoms with Gasteiger partial charge in [-0.2, -0.15) is 0 Å². The molecular weight excluding hydrogens is 290 g/mol. The first-order valence-electron chi connectivity index (χ1n) is 7.35. The van der Waals surface area contributed by atoms with Gasteiger partial charge in [-0.05, 0) is 17.7 Å². The second kappa shape index (κ2) is 6.50. The van der Waals surface area contributed by atoms with Crippen LogP contribution in [0.15, 0.2) is 23.0 Å². The van der Waals surface area contributed by atoms with Crippen molar-refractivity contribution >= 4 is 11.0 Å². The Kier molecular flexibility index (Phi) is 4.44. The van der Waals surface area contributed by atoms with Crippen LogP contribution in [-0.4, -0.2) is 47.5 Å². The molecule has 2 aromatic rings. The summed E-state index contributed by atoms with van der Waals surface area (Å²) in [6.07, 6.45) is -3.19. The fourth-order valence-electron chi connectivity index (χ4n) is 2.68. The first-order chi connectivity index (χ1) is 10.6. The number of hydrogen-bond donors (Lipinski definition) is 2. The predicted molar refractivity (Wildman–Crippen MR) is 80.2 cm³/mol. The van der Waals surface area contributed by atoms with Crippen molar-refractivity contribution < 1.29 is 8.78 Å². The van der Waals surface area contributed by atoms with Crippen LogP contribution in [0.5, 0.6) is 0 Å². The number of piperazine rings is 1.